The van der Waals surface area contributed by atoms with E-state index in [4.69, 9.17) is 5.11 Å². The van der Waals surface area contributed by atoms with Crippen molar-refractivity contribution in [2.75, 3.05) is 19.6 Å². The van der Waals surface area contributed by atoms with Crippen molar-refractivity contribution in [3.8, 4) is 0 Å². The van der Waals surface area contributed by atoms with Crippen LogP contribution in [0, 0.1) is 5.92 Å². The van der Waals surface area contributed by atoms with Crippen molar-refractivity contribution < 1.29 is 23.1 Å². The summed E-state index contributed by atoms with van der Waals surface area (Å²) >= 11 is 3.29. The molecular formula is C16H19BrN2O5S. The molecule has 0 aromatic heterocycles. The number of carboxylic acids is 1. The van der Waals surface area contributed by atoms with Crippen LogP contribution in [-0.2, 0) is 19.6 Å². The Morgan fingerprint density at radius 1 is 1.16 bits per heavy atom. The third kappa shape index (κ3) is 3.73. The molecule has 0 spiro atoms. The summed E-state index contributed by atoms with van der Waals surface area (Å²) in [6.45, 7) is 0.869. The summed E-state index contributed by atoms with van der Waals surface area (Å²) < 4.78 is 27.6. The van der Waals surface area contributed by atoms with E-state index < -0.39 is 21.9 Å². The SMILES string of the molecule is O=C(O)C1CC(=O)N(C2CCN(S(=O)(=O)c3ccc(Br)cc3)CC2)C1. The molecule has 2 saturated heterocycles. The number of rotatable bonds is 4. The number of benzene rings is 1. The first kappa shape index (κ1) is 18.3. The zero-order valence-electron chi connectivity index (χ0n) is 13.5. The number of amides is 1. The molecule has 0 radical (unpaired) electrons. The maximum absolute atomic E-state index is 12.7. The van der Waals surface area contributed by atoms with Gasteiger partial charge in [-0.3, -0.25) is 9.59 Å². The molecule has 1 atom stereocenters. The average Bonchev–Trinajstić information content (AvgIpc) is 2.97. The first-order valence-electron chi connectivity index (χ1n) is 8.07. The molecule has 3 rings (SSSR count). The van der Waals surface area contributed by atoms with E-state index in [0.29, 0.717) is 25.9 Å². The summed E-state index contributed by atoms with van der Waals surface area (Å²) in [7, 11) is -3.55. The number of carboxylic acid groups (broad SMARTS) is 1. The molecule has 2 aliphatic heterocycles. The number of hydrogen-bond acceptors (Lipinski definition) is 4. The van der Waals surface area contributed by atoms with Crippen LogP contribution in [0.4, 0.5) is 0 Å². The summed E-state index contributed by atoms with van der Waals surface area (Å²) in [5.41, 5.74) is 0. The van der Waals surface area contributed by atoms with Crippen LogP contribution in [0.5, 0.6) is 0 Å². The Kier molecular flexibility index (Phi) is 5.17. The highest BCUT2D eigenvalue weighted by molar-refractivity contribution is 9.10. The van der Waals surface area contributed by atoms with Crippen molar-refractivity contribution in [1.82, 2.24) is 9.21 Å². The Bertz CT molecular complexity index is 772. The number of carbonyl (C=O) groups excluding carboxylic acids is 1. The second kappa shape index (κ2) is 7.05. The normalized spacial score (nSPS) is 23.2. The number of aliphatic carboxylic acids is 1. The van der Waals surface area contributed by atoms with Crippen LogP contribution in [0.2, 0.25) is 0 Å². The fourth-order valence-corrected chi connectivity index (χ4v) is 5.13. The van der Waals surface area contributed by atoms with Gasteiger partial charge >= 0.3 is 5.97 Å². The second-order valence-corrected chi connectivity index (χ2v) is 9.23. The lowest BCUT2D eigenvalue weighted by molar-refractivity contribution is -0.141. The summed E-state index contributed by atoms with van der Waals surface area (Å²) in [4.78, 5) is 25.0. The Hall–Kier alpha value is -1.45. The van der Waals surface area contributed by atoms with Crippen LogP contribution < -0.4 is 0 Å². The summed E-state index contributed by atoms with van der Waals surface area (Å²) in [5.74, 6) is -1.76. The minimum atomic E-state index is -3.55. The number of halogens is 1. The van der Waals surface area contributed by atoms with Crippen molar-refractivity contribution in [3.63, 3.8) is 0 Å². The highest BCUT2D eigenvalue weighted by Gasteiger charge is 2.40. The van der Waals surface area contributed by atoms with E-state index in [-0.39, 0.29) is 29.8 Å². The molecule has 1 unspecified atom stereocenters. The van der Waals surface area contributed by atoms with Gasteiger partial charge in [-0.1, -0.05) is 15.9 Å². The van der Waals surface area contributed by atoms with E-state index in [0.717, 1.165) is 4.47 Å². The highest BCUT2D eigenvalue weighted by atomic mass is 79.9. The van der Waals surface area contributed by atoms with Crippen LogP contribution in [0.15, 0.2) is 33.6 Å². The number of hydrogen-bond donors (Lipinski definition) is 1. The minimum Gasteiger partial charge on any atom is -0.481 e. The van der Waals surface area contributed by atoms with Gasteiger partial charge < -0.3 is 10.0 Å². The van der Waals surface area contributed by atoms with E-state index in [2.05, 4.69) is 15.9 Å². The van der Waals surface area contributed by atoms with Crippen molar-refractivity contribution in [2.45, 2.75) is 30.2 Å². The van der Waals surface area contributed by atoms with Crippen LogP contribution in [0.3, 0.4) is 0 Å². The summed E-state index contributed by atoms with van der Waals surface area (Å²) in [5, 5.41) is 9.07. The van der Waals surface area contributed by atoms with Gasteiger partial charge in [-0.2, -0.15) is 4.31 Å². The van der Waals surface area contributed by atoms with Crippen molar-refractivity contribution in [2.24, 2.45) is 5.92 Å². The Balaban J connectivity index is 1.65. The van der Waals surface area contributed by atoms with E-state index in [1.165, 1.54) is 4.31 Å². The maximum Gasteiger partial charge on any atom is 0.308 e. The van der Waals surface area contributed by atoms with E-state index in [9.17, 15) is 18.0 Å². The molecule has 9 heteroatoms. The number of sulfonamides is 1. The zero-order valence-corrected chi connectivity index (χ0v) is 15.9. The predicted molar refractivity (Wildman–Crippen MR) is 93.4 cm³/mol. The second-order valence-electron chi connectivity index (χ2n) is 6.37. The molecule has 1 amide bonds. The lowest BCUT2D eigenvalue weighted by Gasteiger charge is -2.36. The van der Waals surface area contributed by atoms with Gasteiger partial charge in [0.25, 0.3) is 0 Å². The van der Waals surface area contributed by atoms with Crippen LogP contribution >= 0.6 is 15.9 Å². The van der Waals surface area contributed by atoms with Crippen molar-refractivity contribution >= 4 is 37.8 Å². The highest BCUT2D eigenvalue weighted by Crippen LogP contribution is 2.28. The van der Waals surface area contributed by atoms with E-state index in [1.54, 1.807) is 29.2 Å². The molecule has 1 aromatic rings. The lowest BCUT2D eigenvalue weighted by atomic mass is 10.1. The van der Waals surface area contributed by atoms with Crippen LogP contribution in [0.1, 0.15) is 19.3 Å². The van der Waals surface area contributed by atoms with Gasteiger partial charge in [-0.15, -0.1) is 0 Å². The van der Waals surface area contributed by atoms with Crippen molar-refractivity contribution in [3.05, 3.63) is 28.7 Å². The number of piperidine rings is 1. The van der Waals surface area contributed by atoms with Gasteiger partial charge in [-0.05, 0) is 37.1 Å². The third-order valence-electron chi connectivity index (χ3n) is 4.82. The molecule has 2 fully saturated rings. The number of nitrogens with zero attached hydrogens (tertiary/aromatic N) is 2. The molecule has 0 bridgehead atoms. The smallest absolute Gasteiger partial charge is 0.308 e. The molecular weight excluding hydrogens is 412 g/mol. The first-order valence-corrected chi connectivity index (χ1v) is 10.3. The molecule has 2 aliphatic rings. The van der Waals surface area contributed by atoms with E-state index >= 15 is 0 Å². The van der Waals surface area contributed by atoms with E-state index in [1.807, 2.05) is 0 Å². The van der Waals surface area contributed by atoms with Gasteiger partial charge in [0.05, 0.1) is 10.8 Å². The molecule has 0 saturated carbocycles. The molecule has 25 heavy (non-hydrogen) atoms. The van der Waals surface area contributed by atoms with Gasteiger partial charge in [0.2, 0.25) is 15.9 Å². The Morgan fingerprint density at radius 2 is 1.76 bits per heavy atom. The summed E-state index contributed by atoms with van der Waals surface area (Å²) in [6.07, 6.45) is 1.08. The average molecular weight is 431 g/mol. The maximum atomic E-state index is 12.7. The summed E-state index contributed by atoms with van der Waals surface area (Å²) in [6, 6.07) is 6.41. The topological polar surface area (TPSA) is 95.0 Å². The van der Waals surface area contributed by atoms with Crippen molar-refractivity contribution in [1.29, 1.82) is 0 Å². The van der Waals surface area contributed by atoms with Crippen LogP contribution in [0.25, 0.3) is 0 Å². The molecule has 136 valence electrons. The lowest BCUT2D eigenvalue weighted by Crippen LogP contribution is -2.47. The fourth-order valence-electron chi connectivity index (χ4n) is 3.40. The quantitative estimate of drug-likeness (QED) is 0.781. The molecule has 0 aliphatic carbocycles. The third-order valence-corrected chi connectivity index (χ3v) is 7.26. The Labute approximate surface area is 154 Å². The Morgan fingerprint density at radius 3 is 2.28 bits per heavy atom. The monoisotopic (exact) mass is 430 g/mol. The zero-order chi connectivity index (χ0) is 18.2. The molecule has 7 nitrogen and oxygen atoms in total. The number of carbonyl (C=O) groups is 2. The fraction of sp³-hybridized carbons (Fsp3) is 0.500. The largest absolute Gasteiger partial charge is 0.481 e. The minimum absolute atomic E-state index is 0.0345. The molecule has 2 heterocycles. The van der Waals surface area contributed by atoms with Crippen LogP contribution in [-0.4, -0.2) is 60.3 Å². The molecule has 1 aromatic carbocycles. The number of likely N-dealkylation sites (tertiary alicyclic amines) is 1. The van der Waals surface area contributed by atoms with Gasteiger partial charge in [-0.25, -0.2) is 8.42 Å². The van der Waals surface area contributed by atoms with Gasteiger partial charge in [0.15, 0.2) is 0 Å². The first-order chi connectivity index (χ1) is 11.8. The van der Waals surface area contributed by atoms with Gasteiger partial charge in [0, 0.05) is 36.6 Å². The predicted octanol–water partition coefficient (Wildman–Crippen LogP) is 1.54. The molecule has 1 N–H and O–H groups in total. The standard InChI is InChI=1S/C16H19BrN2O5S/c17-12-1-3-14(4-2-12)25(23,24)18-7-5-13(6-8-18)19-10-11(16(21)22)9-15(19)20/h1-4,11,13H,5-10H2,(H,21,22). The van der Waals surface area contributed by atoms with Gasteiger partial charge in [0.1, 0.15) is 0 Å².